The van der Waals surface area contributed by atoms with E-state index in [1.54, 1.807) is 0 Å². The summed E-state index contributed by atoms with van der Waals surface area (Å²) in [6, 6.07) is 3.04. The van der Waals surface area contributed by atoms with Gasteiger partial charge in [0.2, 0.25) is 10.0 Å². The van der Waals surface area contributed by atoms with Crippen molar-refractivity contribution in [3.05, 3.63) is 24.0 Å². The van der Waals surface area contributed by atoms with Crippen LogP contribution < -0.4 is 5.73 Å². The molecule has 0 spiro atoms. The lowest BCUT2D eigenvalue weighted by Gasteiger charge is -2.15. The highest BCUT2D eigenvalue weighted by Gasteiger charge is 2.30. The molecular formula is C11H15N3O2S2. The summed E-state index contributed by atoms with van der Waals surface area (Å²) in [5, 5.41) is 0. The number of pyridine rings is 1. The Morgan fingerprint density at radius 1 is 1.56 bits per heavy atom. The minimum absolute atomic E-state index is 0.161. The number of sulfonamides is 1. The quantitative estimate of drug-likeness (QED) is 0.829. The van der Waals surface area contributed by atoms with E-state index in [1.165, 1.54) is 22.6 Å². The summed E-state index contributed by atoms with van der Waals surface area (Å²) in [5.41, 5.74) is 5.85. The molecular weight excluding hydrogens is 270 g/mol. The third-order valence-corrected chi connectivity index (χ3v) is 5.07. The van der Waals surface area contributed by atoms with Crippen LogP contribution in [0.2, 0.25) is 0 Å². The zero-order valence-electron chi connectivity index (χ0n) is 10.0. The Kier molecular flexibility index (Phi) is 3.65. The molecule has 0 aliphatic carbocycles. The van der Waals surface area contributed by atoms with Crippen molar-refractivity contribution in [2.75, 3.05) is 13.1 Å². The topological polar surface area (TPSA) is 76.3 Å². The Labute approximate surface area is 112 Å². The molecule has 2 N–H and O–H groups in total. The van der Waals surface area contributed by atoms with Gasteiger partial charge in [-0.1, -0.05) is 19.1 Å². The van der Waals surface area contributed by atoms with Crippen LogP contribution in [0.5, 0.6) is 0 Å². The first-order valence-corrected chi connectivity index (χ1v) is 7.52. The van der Waals surface area contributed by atoms with E-state index < -0.39 is 10.0 Å². The van der Waals surface area contributed by atoms with Gasteiger partial charge >= 0.3 is 0 Å². The summed E-state index contributed by atoms with van der Waals surface area (Å²) in [7, 11) is -3.43. The molecule has 18 heavy (non-hydrogen) atoms. The van der Waals surface area contributed by atoms with E-state index in [1.807, 2.05) is 6.92 Å². The summed E-state index contributed by atoms with van der Waals surface area (Å²) >= 11 is 4.78. The van der Waals surface area contributed by atoms with Crippen molar-refractivity contribution in [3.63, 3.8) is 0 Å². The molecule has 0 bridgehead atoms. The first-order valence-electron chi connectivity index (χ1n) is 5.67. The lowest BCUT2D eigenvalue weighted by Crippen LogP contribution is -2.28. The molecule has 0 radical (unpaired) electrons. The van der Waals surface area contributed by atoms with Crippen molar-refractivity contribution in [1.82, 2.24) is 9.29 Å². The monoisotopic (exact) mass is 285 g/mol. The maximum atomic E-state index is 12.3. The zero-order valence-corrected chi connectivity index (χ0v) is 11.7. The number of nitrogens with two attached hydrogens (primary N) is 1. The lowest BCUT2D eigenvalue weighted by molar-refractivity contribution is 0.464. The summed E-state index contributed by atoms with van der Waals surface area (Å²) < 4.78 is 26.1. The Morgan fingerprint density at radius 3 is 2.72 bits per heavy atom. The van der Waals surface area contributed by atoms with Gasteiger partial charge < -0.3 is 5.73 Å². The molecule has 0 saturated carbocycles. The number of rotatable bonds is 3. The maximum absolute atomic E-state index is 12.3. The minimum atomic E-state index is -3.43. The Hall–Kier alpha value is -1.05. The molecule has 1 aliphatic heterocycles. The van der Waals surface area contributed by atoms with Crippen molar-refractivity contribution in [2.24, 2.45) is 11.7 Å². The summed E-state index contributed by atoms with van der Waals surface area (Å²) in [6.07, 6.45) is 2.21. The van der Waals surface area contributed by atoms with Gasteiger partial charge in [-0.05, 0) is 24.5 Å². The second kappa shape index (κ2) is 4.91. The summed E-state index contributed by atoms with van der Waals surface area (Å²) in [5.74, 6) is 0.406. The molecule has 2 rings (SSSR count). The summed E-state index contributed by atoms with van der Waals surface area (Å²) in [4.78, 5) is 4.32. The molecule has 1 atom stereocenters. The number of thiocarbonyl (C=S) groups is 1. The van der Waals surface area contributed by atoms with Gasteiger partial charge in [0.15, 0.2) is 0 Å². The van der Waals surface area contributed by atoms with Gasteiger partial charge in [0, 0.05) is 19.3 Å². The highest BCUT2D eigenvalue weighted by Crippen LogP contribution is 2.23. The first-order chi connectivity index (χ1) is 8.41. The first kappa shape index (κ1) is 13.4. The number of aromatic nitrogens is 1. The SMILES string of the molecule is CC1CCN(S(=O)(=O)c2ccc(C(N)=S)nc2)C1. The van der Waals surface area contributed by atoms with E-state index in [0.29, 0.717) is 24.7 Å². The summed E-state index contributed by atoms with van der Waals surface area (Å²) in [6.45, 7) is 3.18. The number of hydrogen-bond acceptors (Lipinski definition) is 4. The molecule has 98 valence electrons. The van der Waals surface area contributed by atoms with Gasteiger partial charge in [0.1, 0.15) is 9.88 Å². The van der Waals surface area contributed by atoms with Gasteiger partial charge in [-0.15, -0.1) is 0 Å². The van der Waals surface area contributed by atoms with Crippen LogP contribution in [0.25, 0.3) is 0 Å². The second-order valence-corrected chi connectivity index (χ2v) is 6.88. The zero-order chi connectivity index (χ0) is 13.3. The molecule has 0 amide bonds. The largest absolute Gasteiger partial charge is 0.388 e. The molecule has 1 saturated heterocycles. The van der Waals surface area contributed by atoms with E-state index >= 15 is 0 Å². The molecule has 7 heteroatoms. The highest BCUT2D eigenvalue weighted by molar-refractivity contribution is 7.89. The van der Waals surface area contributed by atoms with E-state index in [0.717, 1.165) is 6.42 Å². The fourth-order valence-corrected chi connectivity index (χ4v) is 3.58. The van der Waals surface area contributed by atoms with Gasteiger partial charge in [0.05, 0.1) is 5.69 Å². The molecule has 1 aromatic heterocycles. The highest BCUT2D eigenvalue weighted by atomic mass is 32.2. The molecule has 0 aromatic carbocycles. The van der Waals surface area contributed by atoms with E-state index in [2.05, 4.69) is 4.98 Å². The van der Waals surface area contributed by atoms with Crippen molar-refractivity contribution < 1.29 is 8.42 Å². The average molecular weight is 285 g/mol. The second-order valence-electron chi connectivity index (χ2n) is 4.50. The van der Waals surface area contributed by atoms with Crippen molar-refractivity contribution in [3.8, 4) is 0 Å². The Bertz CT molecular complexity index is 554. The maximum Gasteiger partial charge on any atom is 0.244 e. The van der Waals surface area contributed by atoms with Crippen LogP contribution in [0.4, 0.5) is 0 Å². The normalized spacial score (nSPS) is 21.1. The van der Waals surface area contributed by atoms with Crippen LogP contribution in [-0.2, 0) is 10.0 Å². The standard InChI is InChI=1S/C11H15N3O2S2/c1-8-4-5-14(7-8)18(15,16)9-2-3-10(11(12)17)13-6-9/h2-3,6,8H,4-5,7H2,1H3,(H2,12,17). The molecule has 2 heterocycles. The smallest absolute Gasteiger partial charge is 0.244 e. The van der Waals surface area contributed by atoms with Gasteiger partial charge in [-0.3, -0.25) is 4.98 Å². The van der Waals surface area contributed by atoms with E-state index in [4.69, 9.17) is 18.0 Å². The fourth-order valence-electron chi connectivity index (χ4n) is 1.94. The third kappa shape index (κ3) is 2.52. The fraction of sp³-hybridized carbons (Fsp3) is 0.455. The van der Waals surface area contributed by atoms with Gasteiger partial charge in [-0.2, -0.15) is 4.31 Å². The Balaban J connectivity index is 2.27. The predicted octanol–water partition coefficient (Wildman–Crippen LogP) is 0.746. The predicted molar refractivity (Wildman–Crippen MR) is 72.7 cm³/mol. The van der Waals surface area contributed by atoms with Crippen LogP contribution in [0, 0.1) is 5.92 Å². The number of hydrogen-bond donors (Lipinski definition) is 1. The van der Waals surface area contributed by atoms with Crippen LogP contribution in [-0.4, -0.2) is 35.8 Å². The van der Waals surface area contributed by atoms with Crippen LogP contribution in [0.1, 0.15) is 19.0 Å². The van der Waals surface area contributed by atoms with Crippen molar-refractivity contribution in [1.29, 1.82) is 0 Å². The molecule has 1 aliphatic rings. The van der Waals surface area contributed by atoms with E-state index in [9.17, 15) is 8.42 Å². The third-order valence-electron chi connectivity index (χ3n) is 3.01. The van der Waals surface area contributed by atoms with E-state index in [-0.39, 0.29) is 9.88 Å². The van der Waals surface area contributed by atoms with Gasteiger partial charge in [-0.25, -0.2) is 8.42 Å². The molecule has 5 nitrogen and oxygen atoms in total. The van der Waals surface area contributed by atoms with Crippen LogP contribution >= 0.6 is 12.2 Å². The van der Waals surface area contributed by atoms with Crippen molar-refractivity contribution >= 4 is 27.2 Å². The minimum Gasteiger partial charge on any atom is -0.388 e. The van der Waals surface area contributed by atoms with Crippen LogP contribution in [0.3, 0.4) is 0 Å². The molecule has 1 unspecified atom stereocenters. The molecule has 1 aromatic rings. The Morgan fingerprint density at radius 2 is 2.28 bits per heavy atom. The van der Waals surface area contributed by atoms with Gasteiger partial charge in [0.25, 0.3) is 0 Å². The van der Waals surface area contributed by atoms with Crippen LogP contribution in [0.15, 0.2) is 23.2 Å². The average Bonchev–Trinajstić information content (AvgIpc) is 2.76. The number of nitrogens with zero attached hydrogens (tertiary/aromatic N) is 2. The lowest BCUT2D eigenvalue weighted by atomic mass is 10.2. The van der Waals surface area contributed by atoms with Crippen molar-refractivity contribution in [2.45, 2.75) is 18.2 Å². The molecule has 1 fully saturated rings.